The Kier molecular flexibility index (Phi) is 9.58. The largest absolute Gasteiger partial charge is 0.356 e. The van der Waals surface area contributed by atoms with Crippen LogP contribution in [0.4, 0.5) is 0 Å². The summed E-state index contributed by atoms with van der Waals surface area (Å²) >= 11 is 3.50. The van der Waals surface area contributed by atoms with E-state index >= 15 is 0 Å². The molecule has 1 rings (SSSR count). The van der Waals surface area contributed by atoms with Gasteiger partial charge in [0.2, 0.25) is 5.91 Å². The molecule has 0 radical (unpaired) electrons. The quantitative estimate of drug-likeness (QED) is 0.611. The van der Waals surface area contributed by atoms with Crippen LogP contribution in [-0.4, -0.2) is 17.8 Å². The maximum absolute atomic E-state index is 11.9. The maximum Gasteiger partial charge on any atom is 0.220 e. The third kappa shape index (κ3) is 7.96. The zero-order chi connectivity index (χ0) is 13.9. The zero-order valence-corrected chi connectivity index (χ0v) is 14.0. The van der Waals surface area contributed by atoms with Gasteiger partial charge in [0.1, 0.15) is 0 Å². The van der Waals surface area contributed by atoms with E-state index in [1.54, 1.807) is 0 Å². The molecular weight excluding hydrogens is 302 g/mol. The molecule has 0 bridgehead atoms. The third-order valence-electron chi connectivity index (χ3n) is 4.31. The number of carbonyl (C=O) groups excluding carboxylic acids is 1. The van der Waals surface area contributed by atoms with Crippen molar-refractivity contribution >= 4 is 21.8 Å². The van der Waals surface area contributed by atoms with Crippen LogP contribution in [-0.2, 0) is 4.79 Å². The van der Waals surface area contributed by atoms with Gasteiger partial charge in [0, 0.05) is 18.3 Å². The predicted octanol–water partition coefficient (Wildman–Crippen LogP) is 4.66. The minimum Gasteiger partial charge on any atom is -0.356 e. The molecule has 1 atom stereocenters. The van der Waals surface area contributed by atoms with Crippen LogP contribution < -0.4 is 5.32 Å². The Morgan fingerprint density at radius 3 is 2.63 bits per heavy atom. The lowest BCUT2D eigenvalue weighted by Crippen LogP contribution is -2.29. The Morgan fingerprint density at radius 1 is 1.26 bits per heavy atom. The molecule has 1 saturated carbocycles. The van der Waals surface area contributed by atoms with E-state index in [1.807, 2.05) is 0 Å². The first-order valence-corrected chi connectivity index (χ1v) is 9.21. The standard InChI is InChI=1S/C16H30BrNO/c1-2-6-15(11-12-17)13-18-16(19)10-9-14-7-4-3-5-8-14/h14-15H,2-13H2,1H3,(H,18,19). The zero-order valence-electron chi connectivity index (χ0n) is 12.4. The van der Waals surface area contributed by atoms with E-state index in [-0.39, 0.29) is 5.91 Å². The summed E-state index contributed by atoms with van der Waals surface area (Å²) in [6.45, 7) is 3.08. The highest BCUT2D eigenvalue weighted by Gasteiger charge is 2.15. The molecule has 0 aromatic carbocycles. The van der Waals surface area contributed by atoms with Crippen LogP contribution in [0.5, 0.6) is 0 Å². The molecule has 0 saturated heterocycles. The summed E-state index contributed by atoms with van der Waals surface area (Å²) in [5.41, 5.74) is 0. The van der Waals surface area contributed by atoms with Crippen molar-refractivity contribution in [3.05, 3.63) is 0 Å². The first-order chi connectivity index (χ1) is 9.26. The molecule has 1 unspecified atom stereocenters. The Hall–Kier alpha value is -0.0500. The molecule has 1 aliphatic carbocycles. The topological polar surface area (TPSA) is 29.1 Å². The summed E-state index contributed by atoms with van der Waals surface area (Å²) < 4.78 is 0. The van der Waals surface area contributed by atoms with Crippen molar-refractivity contribution in [3.8, 4) is 0 Å². The molecular formula is C16H30BrNO. The number of alkyl halides is 1. The maximum atomic E-state index is 11.9. The molecule has 0 aliphatic heterocycles. The van der Waals surface area contributed by atoms with Crippen molar-refractivity contribution in [1.29, 1.82) is 0 Å². The normalized spacial score (nSPS) is 18.2. The highest BCUT2D eigenvalue weighted by atomic mass is 79.9. The lowest BCUT2D eigenvalue weighted by Gasteiger charge is -2.21. The molecule has 3 heteroatoms. The van der Waals surface area contributed by atoms with Crippen molar-refractivity contribution in [1.82, 2.24) is 5.32 Å². The molecule has 19 heavy (non-hydrogen) atoms. The van der Waals surface area contributed by atoms with Crippen LogP contribution in [0, 0.1) is 11.8 Å². The molecule has 1 N–H and O–H groups in total. The van der Waals surface area contributed by atoms with Gasteiger partial charge in [-0.3, -0.25) is 4.79 Å². The number of rotatable bonds is 9. The van der Waals surface area contributed by atoms with Gasteiger partial charge in [-0.25, -0.2) is 0 Å². The molecule has 0 heterocycles. The summed E-state index contributed by atoms with van der Waals surface area (Å²) in [4.78, 5) is 11.9. The fraction of sp³-hybridized carbons (Fsp3) is 0.938. The van der Waals surface area contributed by atoms with E-state index in [0.29, 0.717) is 5.92 Å². The highest BCUT2D eigenvalue weighted by Crippen LogP contribution is 2.27. The summed E-state index contributed by atoms with van der Waals surface area (Å²) in [6.07, 6.45) is 12.2. The van der Waals surface area contributed by atoms with E-state index in [2.05, 4.69) is 28.2 Å². The lowest BCUT2D eigenvalue weighted by atomic mass is 9.86. The number of carbonyl (C=O) groups is 1. The van der Waals surface area contributed by atoms with Gasteiger partial charge in [-0.2, -0.15) is 0 Å². The average Bonchev–Trinajstić information content (AvgIpc) is 2.44. The lowest BCUT2D eigenvalue weighted by molar-refractivity contribution is -0.121. The Morgan fingerprint density at radius 2 is 2.00 bits per heavy atom. The van der Waals surface area contributed by atoms with E-state index in [0.717, 1.165) is 37.1 Å². The number of amides is 1. The van der Waals surface area contributed by atoms with Gasteiger partial charge in [-0.1, -0.05) is 61.4 Å². The van der Waals surface area contributed by atoms with E-state index in [9.17, 15) is 4.79 Å². The second kappa shape index (κ2) is 10.7. The second-order valence-electron chi connectivity index (χ2n) is 5.98. The second-order valence-corrected chi connectivity index (χ2v) is 6.77. The van der Waals surface area contributed by atoms with E-state index in [1.165, 1.54) is 44.9 Å². The Bertz CT molecular complexity index is 233. The fourth-order valence-corrected chi connectivity index (χ4v) is 3.72. The summed E-state index contributed by atoms with van der Waals surface area (Å²) in [7, 11) is 0. The predicted molar refractivity (Wildman–Crippen MR) is 85.6 cm³/mol. The Labute approximate surface area is 127 Å². The molecule has 2 nitrogen and oxygen atoms in total. The first kappa shape index (κ1) is 17.0. The molecule has 1 aliphatic rings. The third-order valence-corrected chi connectivity index (χ3v) is 4.76. The van der Waals surface area contributed by atoms with Crippen molar-refractivity contribution < 1.29 is 4.79 Å². The van der Waals surface area contributed by atoms with Gasteiger partial charge >= 0.3 is 0 Å². The monoisotopic (exact) mass is 331 g/mol. The van der Waals surface area contributed by atoms with Crippen molar-refractivity contribution in [2.24, 2.45) is 11.8 Å². The van der Waals surface area contributed by atoms with Crippen LogP contribution in [0.15, 0.2) is 0 Å². The summed E-state index contributed by atoms with van der Waals surface area (Å²) in [5, 5.41) is 4.17. The van der Waals surface area contributed by atoms with Gasteiger partial charge in [0.05, 0.1) is 0 Å². The van der Waals surface area contributed by atoms with Crippen LogP contribution in [0.2, 0.25) is 0 Å². The molecule has 0 aromatic rings. The molecule has 0 spiro atoms. The SMILES string of the molecule is CCCC(CCBr)CNC(=O)CCC1CCCCC1. The highest BCUT2D eigenvalue weighted by molar-refractivity contribution is 9.09. The number of nitrogens with one attached hydrogen (secondary N) is 1. The average molecular weight is 332 g/mol. The number of hydrogen-bond donors (Lipinski definition) is 1. The van der Waals surface area contributed by atoms with Gasteiger partial charge in [0.15, 0.2) is 0 Å². The van der Waals surface area contributed by atoms with Crippen molar-refractivity contribution in [2.45, 2.75) is 71.1 Å². The minimum absolute atomic E-state index is 0.265. The molecule has 1 fully saturated rings. The van der Waals surface area contributed by atoms with Gasteiger partial charge in [0.25, 0.3) is 0 Å². The Balaban J connectivity index is 2.11. The number of halogens is 1. The summed E-state index contributed by atoms with van der Waals surface area (Å²) in [5.74, 6) is 1.72. The fourth-order valence-electron chi connectivity index (χ4n) is 3.07. The van der Waals surface area contributed by atoms with Gasteiger partial charge in [-0.05, 0) is 31.1 Å². The van der Waals surface area contributed by atoms with Crippen LogP contribution in [0.25, 0.3) is 0 Å². The van der Waals surface area contributed by atoms with Crippen molar-refractivity contribution in [3.63, 3.8) is 0 Å². The van der Waals surface area contributed by atoms with E-state index < -0.39 is 0 Å². The van der Waals surface area contributed by atoms with Gasteiger partial charge in [-0.15, -0.1) is 0 Å². The minimum atomic E-state index is 0.265. The first-order valence-electron chi connectivity index (χ1n) is 8.09. The number of hydrogen-bond acceptors (Lipinski definition) is 1. The summed E-state index contributed by atoms with van der Waals surface area (Å²) in [6, 6.07) is 0. The van der Waals surface area contributed by atoms with Crippen LogP contribution in [0.3, 0.4) is 0 Å². The van der Waals surface area contributed by atoms with Crippen LogP contribution in [0.1, 0.15) is 71.1 Å². The molecule has 0 aromatic heterocycles. The molecule has 1 amide bonds. The van der Waals surface area contributed by atoms with Crippen molar-refractivity contribution in [2.75, 3.05) is 11.9 Å². The van der Waals surface area contributed by atoms with E-state index in [4.69, 9.17) is 0 Å². The smallest absolute Gasteiger partial charge is 0.220 e. The van der Waals surface area contributed by atoms with Gasteiger partial charge < -0.3 is 5.32 Å². The van der Waals surface area contributed by atoms with Crippen LogP contribution >= 0.6 is 15.9 Å². The molecule has 112 valence electrons.